The Hall–Kier alpha value is -3.04. The molecule has 160 valence electrons. The molecule has 0 saturated carbocycles. The first-order chi connectivity index (χ1) is 15.5. The quantitative estimate of drug-likeness (QED) is 0.291. The van der Waals surface area contributed by atoms with Gasteiger partial charge in [-0.25, -0.2) is 0 Å². The molecule has 0 radical (unpaired) electrons. The number of para-hydroxylation sites is 1. The molecule has 32 heavy (non-hydrogen) atoms. The van der Waals surface area contributed by atoms with Gasteiger partial charge in [-0.1, -0.05) is 90.4 Å². The van der Waals surface area contributed by atoms with E-state index in [2.05, 4.69) is 103 Å². The zero-order valence-electron chi connectivity index (χ0n) is 18.4. The summed E-state index contributed by atoms with van der Waals surface area (Å²) >= 11 is 3.74. The number of hydrogen-bond acceptors (Lipinski definition) is 2. The summed E-state index contributed by atoms with van der Waals surface area (Å²) in [6.07, 6.45) is 4.39. The maximum Gasteiger partial charge on any atom is 0.181 e. The highest BCUT2D eigenvalue weighted by Crippen LogP contribution is 2.48. The summed E-state index contributed by atoms with van der Waals surface area (Å²) in [7, 11) is 1.71. The lowest BCUT2D eigenvalue weighted by molar-refractivity contribution is 0.155. The lowest BCUT2D eigenvalue weighted by atomic mass is 9.78. The predicted molar refractivity (Wildman–Crippen MR) is 136 cm³/mol. The Kier molecular flexibility index (Phi) is 5.30. The Bertz CT molecular complexity index is 1340. The van der Waals surface area contributed by atoms with Crippen molar-refractivity contribution in [3.8, 4) is 11.5 Å². The van der Waals surface area contributed by atoms with Gasteiger partial charge in [0.15, 0.2) is 5.60 Å². The van der Waals surface area contributed by atoms with Crippen molar-refractivity contribution >= 4 is 32.8 Å². The fourth-order valence-electron chi connectivity index (χ4n) is 4.73. The molecule has 5 rings (SSSR count). The van der Waals surface area contributed by atoms with E-state index >= 15 is 0 Å². The minimum atomic E-state index is -0.796. The van der Waals surface area contributed by atoms with Crippen LogP contribution in [0.4, 0.5) is 0 Å². The van der Waals surface area contributed by atoms with E-state index in [0.717, 1.165) is 38.0 Å². The average molecular weight is 485 g/mol. The molecule has 0 amide bonds. The van der Waals surface area contributed by atoms with Crippen LogP contribution in [0.2, 0.25) is 0 Å². The van der Waals surface area contributed by atoms with Crippen molar-refractivity contribution in [3.05, 3.63) is 112 Å². The molecule has 1 aliphatic rings. The van der Waals surface area contributed by atoms with Crippen molar-refractivity contribution in [3.63, 3.8) is 0 Å². The van der Waals surface area contributed by atoms with Crippen LogP contribution in [-0.4, -0.2) is 7.11 Å². The van der Waals surface area contributed by atoms with Gasteiger partial charge in [0.1, 0.15) is 11.5 Å². The highest BCUT2D eigenvalue weighted by molar-refractivity contribution is 9.10. The van der Waals surface area contributed by atoms with Gasteiger partial charge in [-0.2, -0.15) is 0 Å². The minimum absolute atomic E-state index is 0.349. The molecule has 3 heteroatoms. The predicted octanol–water partition coefficient (Wildman–Crippen LogP) is 8.08. The van der Waals surface area contributed by atoms with Crippen LogP contribution in [0.15, 0.2) is 89.4 Å². The van der Waals surface area contributed by atoms with E-state index in [9.17, 15) is 0 Å². The lowest BCUT2D eigenvalue weighted by Crippen LogP contribution is -2.36. The smallest absolute Gasteiger partial charge is 0.181 e. The summed E-state index contributed by atoms with van der Waals surface area (Å²) in [5, 5.41) is 2.34. The Balaban J connectivity index is 1.82. The van der Waals surface area contributed by atoms with Crippen LogP contribution < -0.4 is 9.47 Å². The first kappa shape index (κ1) is 20.8. The van der Waals surface area contributed by atoms with Gasteiger partial charge in [-0.05, 0) is 47.2 Å². The van der Waals surface area contributed by atoms with Crippen molar-refractivity contribution < 1.29 is 9.47 Å². The van der Waals surface area contributed by atoms with Crippen LogP contribution in [0.3, 0.4) is 0 Å². The lowest BCUT2D eigenvalue weighted by Gasteiger charge is -2.38. The van der Waals surface area contributed by atoms with Crippen LogP contribution in [0.1, 0.15) is 42.0 Å². The number of halogens is 1. The average Bonchev–Trinajstić information content (AvgIpc) is 2.83. The molecule has 0 saturated heterocycles. The Morgan fingerprint density at radius 3 is 2.38 bits per heavy atom. The maximum absolute atomic E-state index is 7.00. The van der Waals surface area contributed by atoms with Crippen LogP contribution in [-0.2, 0) is 5.60 Å². The SMILES string of the molecule is COc1ccccc1C1(c2ccccc2C(C)C)C=Cc2c(ccc3cccc(Br)c23)O1. The highest BCUT2D eigenvalue weighted by atomic mass is 79.9. The summed E-state index contributed by atoms with van der Waals surface area (Å²) < 4.78 is 13.9. The van der Waals surface area contributed by atoms with E-state index in [-0.39, 0.29) is 0 Å². The van der Waals surface area contributed by atoms with Gasteiger partial charge in [0, 0.05) is 26.5 Å². The standard InChI is InChI=1S/C29H25BrO2/c1-19(2)21-10-4-5-11-23(21)29(24-12-6-7-14-27(24)31-3)18-17-22-26(32-29)16-15-20-9-8-13-25(30)28(20)22/h4-19H,1-3H3. The molecule has 0 fully saturated rings. The molecule has 2 nitrogen and oxygen atoms in total. The number of benzene rings is 4. The molecule has 4 aromatic rings. The fraction of sp³-hybridized carbons (Fsp3) is 0.172. The molecule has 0 aromatic heterocycles. The van der Waals surface area contributed by atoms with E-state index < -0.39 is 5.60 Å². The number of methoxy groups -OCH3 is 1. The summed E-state index contributed by atoms with van der Waals surface area (Å²) in [5.41, 5.74) is 3.67. The maximum atomic E-state index is 7.00. The van der Waals surface area contributed by atoms with Crippen LogP contribution >= 0.6 is 15.9 Å². The minimum Gasteiger partial charge on any atom is -0.496 e. The molecule has 0 aliphatic carbocycles. The molecule has 1 unspecified atom stereocenters. The molecule has 1 heterocycles. The zero-order valence-corrected chi connectivity index (χ0v) is 20.0. The van der Waals surface area contributed by atoms with Gasteiger partial charge in [-0.15, -0.1) is 0 Å². The summed E-state index contributed by atoms with van der Waals surface area (Å²) in [6.45, 7) is 4.44. The number of rotatable bonds is 4. The zero-order chi connectivity index (χ0) is 22.3. The third-order valence-corrected chi connectivity index (χ3v) is 6.90. The Morgan fingerprint density at radius 2 is 1.59 bits per heavy atom. The van der Waals surface area contributed by atoms with E-state index in [1.54, 1.807) is 7.11 Å². The molecule has 0 spiro atoms. The van der Waals surface area contributed by atoms with Gasteiger partial charge < -0.3 is 9.47 Å². The molecule has 4 aromatic carbocycles. The molecule has 0 bridgehead atoms. The molecular formula is C29H25BrO2. The third-order valence-electron chi connectivity index (χ3n) is 6.24. The van der Waals surface area contributed by atoms with Crippen molar-refractivity contribution in [2.75, 3.05) is 7.11 Å². The van der Waals surface area contributed by atoms with Gasteiger partial charge >= 0.3 is 0 Å². The monoisotopic (exact) mass is 484 g/mol. The van der Waals surface area contributed by atoms with Crippen LogP contribution in [0.5, 0.6) is 11.5 Å². The molecule has 0 N–H and O–H groups in total. The number of hydrogen-bond donors (Lipinski definition) is 0. The van der Waals surface area contributed by atoms with Gasteiger partial charge in [0.2, 0.25) is 0 Å². The first-order valence-electron chi connectivity index (χ1n) is 10.9. The second-order valence-electron chi connectivity index (χ2n) is 8.43. The first-order valence-corrected chi connectivity index (χ1v) is 11.7. The van der Waals surface area contributed by atoms with E-state index in [4.69, 9.17) is 9.47 Å². The highest BCUT2D eigenvalue weighted by Gasteiger charge is 2.41. The molecule has 1 aliphatic heterocycles. The van der Waals surface area contributed by atoms with Gasteiger partial charge in [0.25, 0.3) is 0 Å². The van der Waals surface area contributed by atoms with Crippen LogP contribution in [0, 0.1) is 0 Å². The second kappa shape index (κ2) is 8.14. The summed E-state index contributed by atoms with van der Waals surface area (Å²) in [6, 6.07) is 27.2. The summed E-state index contributed by atoms with van der Waals surface area (Å²) in [5.74, 6) is 2.01. The van der Waals surface area contributed by atoms with E-state index in [0.29, 0.717) is 5.92 Å². The van der Waals surface area contributed by atoms with Crippen molar-refractivity contribution in [2.45, 2.75) is 25.4 Å². The topological polar surface area (TPSA) is 18.5 Å². The molecular weight excluding hydrogens is 460 g/mol. The van der Waals surface area contributed by atoms with Crippen molar-refractivity contribution in [2.24, 2.45) is 0 Å². The van der Waals surface area contributed by atoms with Crippen LogP contribution in [0.25, 0.3) is 16.8 Å². The van der Waals surface area contributed by atoms with E-state index in [1.807, 2.05) is 18.2 Å². The fourth-order valence-corrected chi connectivity index (χ4v) is 5.32. The molecule has 1 atom stereocenters. The normalized spacial score (nSPS) is 17.3. The van der Waals surface area contributed by atoms with Crippen molar-refractivity contribution in [1.29, 1.82) is 0 Å². The largest absolute Gasteiger partial charge is 0.496 e. The number of ether oxygens (including phenoxy) is 2. The Morgan fingerprint density at radius 1 is 0.844 bits per heavy atom. The van der Waals surface area contributed by atoms with Gasteiger partial charge in [-0.3, -0.25) is 0 Å². The van der Waals surface area contributed by atoms with Gasteiger partial charge in [0.05, 0.1) is 7.11 Å². The van der Waals surface area contributed by atoms with E-state index in [1.165, 1.54) is 10.9 Å². The third kappa shape index (κ3) is 3.23. The summed E-state index contributed by atoms with van der Waals surface area (Å²) in [4.78, 5) is 0. The van der Waals surface area contributed by atoms with Crippen molar-refractivity contribution in [1.82, 2.24) is 0 Å². The number of fused-ring (bicyclic) bond motifs is 3. The second-order valence-corrected chi connectivity index (χ2v) is 9.28. The Labute approximate surface area is 197 Å².